The van der Waals surface area contributed by atoms with Gasteiger partial charge in [0.15, 0.2) is 6.23 Å². The van der Waals surface area contributed by atoms with Crippen molar-refractivity contribution in [3.63, 3.8) is 0 Å². The summed E-state index contributed by atoms with van der Waals surface area (Å²) in [5.74, 6) is -1.05. The van der Waals surface area contributed by atoms with Crippen LogP contribution in [-0.2, 0) is 23.4 Å². The van der Waals surface area contributed by atoms with Crippen LogP contribution >= 0.6 is 31.4 Å². The molecule has 1 aliphatic heterocycles. The number of aryl methyl sites for hydroxylation is 1. The summed E-state index contributed by atoms with van der Waals surface area (Å²) in [6, 6.07) is 8.38. The van der Waals surface area contributed by atoms with Crippen molar-refractivity contribution in [2.24, 2.45) is 5.92 Å². The predicted molar refractivity (Wildman–Crippen MR) is 136 cm³/mol. The van der Waals surface area contributed by atoms with Crippen LogP contribution in [0.2, 0.25) is 0 Å². The predicted octanol–water partition coefficient (Wildman–Crippen LogP) is 3.96. The first-order chi connectivity index (χ1) is 16.9. The number of aliphatic hydroxyl groups is 1. The number of hydrogen-bond acceptors (Lipinski definition) is 9. The number of ether oxygens (including phenoxy) is 2. The number of rotatable bonds is 10. The molecule has 1 aromatic heterocycles. The fourth-order valence-corrected chi connectivity index (χ4v) is 5.90. The summed E-state index contributed by atoms with van der Waals surface area (Å²) < 4.78 is 37.6. The first-order valence-corrected chi connectivity index (χ1v) is 14.0. The van der Waals surface area contributed by atoms with Crippen molar-refractivity contribution in [2.45, 2.75) is 57.6 Å². The number of carbonyl (C=O) groups is 1. The number of aromatic nitrogens is 2. The number of hydrogen-bond donors (Lipinski definition) is 2. The van der Waals surface area contributed by atoms with Gasteiger partial charge < -0.3 is 19.1 Å². The maximum atomic E-state index is 13.7. The smallest absolute Gasteiger partial charge is 0.380 e. The third kappa shape index (κ3) is 7.06. The molecule has 198 valence electrons. The van der Waals surface area contributed by atoms with E-state index >= 15 is 0 Å². The number of halogens is 1. The Balaban J connectivity index is 1.77. The van der Waals surface area contributed by atoms with E-state index in [9.17, 15) is 19.3 Å². The van der Waals surface area contributed by atoms with Gasteiger partial charge in [-0.1, -0.05) is 37.3 Å². The molecule has 0 radical (unpaired) electrons. The molecule has 0 spiro atoms. The molecule has 2 aromatic rings. The molecule has 1 unspecified atom stereocenters. The van der Waals surface area contributed by atoms with Gasteiger partial charge in [-0.2, -0.15) is 0 Å². The van der Waals surface area contributed by atoms with Gasteiger partial charge in [-0.3, -0.25) is 18.9 Å². The minimum Gasteiger partial charge on any atom is -0.463 e. The zero-order valence-electron chi connectivity index (χ0n) is 20.3. The Kier molecular flexibility index (Phi) is 9.54. The van der Waals surface area contributed by atoms with Gasteiger partial charge in [0, 0.05) is 11.8 Å². The average Bonchev–Trinajstić information content (AvgIpc) is 3.08. The number of benzene rings is 1. The maximum absolute atomic E-state index is 13.7. The lowest BCUT2D eigenvalue weighted by molar-refractivity contribution is -0.151. The van der Waals surface area contributed by atoms with Crippen LogP contribution in [0.1, 0.15) is 32.6 Å². The van der Waals surface area contributed by atoms with Crippen molar-refractivity contribution in [1.82, 2.24) is 9.55 Å². The maximum Gasteiger partial charge on any atom is 0.380 e. The summed E-state index contributed by atoms with van der Waals surface area (Å²) in [6.07, 6.45) is -2.42. The van der Waals surface area contributed by atoms with Crippen LogP contribution in [0.25, 0.3) is 0 Å². The van der Waals surface area contributed by atoms with Crippen LogP contribution in [0.15, 0.2) is 41.3 Å². The van der Waals surface area contributed by atoms with Gasteiger partial charge in [0.05, 0.1) is 24.8 Å². The molecule has 36 heavy (non-hydrogen) atoms. The van der Waals surface area contributed by atoms with Crippen LogP contribution < -0.4 is 10.2 Å². The number of aromatic amines is 1. The van der Waals surface area contributed by atoms with E-state index in [2.05, 4.69) is 4.98 Å². The molecule has 0 bridgehead atoms. The second-order valence-electron chi connectivity index (χ2n) is 8.86. The second kappa shape index (κ2) is 12.0. The fraction of sp³-hybridized carbons (Fsp3) is 0.522. The molecule has 0 amide bonds. The Hall–Kier alpha value is -2.01. The summed E-state index contributed by atoms with van der Waals surface area (Å²) in [5.41, 5.74) is 0.0693. The lowest BCUT2D eigenvalue weighted by Gasteiger charge is -2.24. The molecule has 2 heterocycles. The highest BCUT2D eigenvalue weighted by Crippen LogP contribution is 2.50. The van der Waals surface area contributed by atoms with Gasteiger partial charge in [0.25, 0.3) is 0 Å². The van der Waals surface area contributed by atoms with Crippen molar-refractivity contribution in [2.75, 3.05) is 12.8 Å². The normalized spacial score (nSPS) is 24.3. The molecule has 13 heteroatoms. The number of para-hydroxylation sites is 1. The molecule has 0 saturated carbocycles. The van der Waals surface area contributed by atoms with E-state index < -0.39 is 49.0 Å². The monoisotopic (exact) mass is 560 g/mol. The molecule has 1 saturated heterocycles. The van der Waals surface area contributed by atoms with Gasteiger partial charge >= 0.3 is 19.3 Å². The summed E-state index contributed by atoms with van der Waals surface area (Å²) in [7, 11) is -3.93. The molecule has 10 nitrogen and oxygen atoms in total. The van der Waals surface area contributed by atoms with Crippen molar-refractivity contribution >= 4 is 37.4 Å². The van der Waals surface area contributed by atoms with Crippen LogP contribution in [0.3, 0.4) is 0 Å². The number of carbonyl (C=O) groups excluding carboxylic acids is 1. The highest BCUT2D eigenvalue weighted by atomic mass is 35.5. The highest BCUT2D eigenvalue weighted by Gasteiger charge is 2.45. The highest BCUT2D eigenvalue weighted by molar-refractivity contribution is 7.71. The average molecular weight is 561 g/mol. The number of H-pyrrole nitrogens is 1. The van der Waals surface area contributed by atoms with Gasteiger partial charge in [0.1, 0.15) is 28.0 Å². The van der Waals surface area contributed by atoms with Crippen molar-refractivity contribution in [1.29, 1.82) is 0 Å². The number of esters is 1. The number of alkyl halides is 1. The quantitative estimate of drug-likeness (QED) is 0.192. The Labute approximate surface area is 219 Å². The minimum absolute atomic E-state index is 0.266. The Morgan fingerprint density at radius 1 is 1.31 bits per heavy atom. The van der Waals surface area contributed by atoms with Gasteiger partial charge in [-0.25, -0.2) is 9.36 Å². The molecule has 1 aliphatic rings. The van der Waals surface area contributed by atoms with Crippen molar-refractivity contribution < 1.29 is 33.0 Å². The molecule has 1 fully saturated rings. The third-order valence-electron chi connectivity index (χ3n) is 5.39. The lowest BCUT2D eigenvalue weighted by Crippen LogP contribution is -2.33. The van der Waals surface area contributed by atoms with Crippen LogP contribution in [-0.4, -0.2) is 57.1 Å². The largest absolute Gasteiger partial charge is 0.463 e. The SMILES string of the molecule is Cc1cn([C@H]2O[C@@H](CO[P@@](=O)(C[C@@H](C)C(=O)OC(C)C)Oc3ccccc3)C(O)[C@H]2Cl)c(=O)[nH]c1=S. The van der Waals surface area contributed by atoms with E-state index in [1.165, 1.54) is 10.8 Å². The summed E-state index contributed by atoms with van der Waals surface area (Å²) in [6.45, 7) is 6.34. The first-order valence-electron chi connectivity index (χ1n) is 11.4. The molecule has 3 rings (SSSR count). The van der Waals surface area contributed by atoms with E-state index in [0.717, 1.165) is 0 Å². The Morgan fingerprint density at radius 3 is 2.61 bits per heavy atom. The Bertz CT molecular complexity index is 1220. The zero-order chi connectivity index (χ0) is 26.6. The topological polar surface area (TPSA) is 129 Å². The van der Waals surface area contributed by atoms with Gasteiger partial charge in [-0.05, 0) is 32.9 Å². The number of aliphatic hydroxyl groups excluding tert-OH is 1. The summed E-state index contributed by atoms with van der Waals surface area (Å²) in [5, 5.41) is 9.67. The first kappa shape index (κ1) is 28.6. The number of nitrogens with one attached hydrogen (secondary N) is 1. The minimum atomic E-state index is -3.93. The molecule has 6 atom stereocenters. The van der Waals surface area contributed by atoms with Crippen molar-refractivity contribution in [3.05, 3.63) is 57.2 Å². The lowest BCUT2D eigenvalue weighted by atomic mass is 10.2. The fourth-order valence-electron chi connectivity index (χ4n) is 3.54. The Morgan fingerprint density at radius 2 is 1.97 bits per heavy atom. The van der Waals surface area contributed by atoms with Gasteiger partial charge in [0.2, 0.25) is 0 Å². The van der Waals surface area contributed by atoms with Gasteiger partial charge in [-0.15, -0.1) is 11.6 Å². The molecular weight excluding hydrogens is 531 g/mol. The van der Waals surface area contributed by atoms with E-state index in [-0.39, 0.29) is 29.3 Å². The second-order valence-corrected chi connectivity index (χ2v) is 11.8. The molecule has 2 N–H and O–H groups in total. The van der Waals surface area contributed by atoms with Crippen LogP contribution in [0, 0.1) is 17.5 Å². The molecule has 0 aliphatic carbocycles. The summed E-state index contributed by atoms with van der Waals surface area (Å²) >= 11 is 11.5. The molecular formula is C23H30ClN2O8PS. The standard InChI is InChI=1S/C23H30ClN2O8PS/c1-13(2)32-22(28)15(4)12-35(30,34-16-8-6-5-7-9-16)31-11-17-19(27)18(24)21(33-17)26-10-14(3)20(36)25-23(26)29/h5-10,13,15,17-19,21,27H,11-12H2,1-4H3,(H,25,29,36)/t15-,17+,18-,19?,21+,35+/m1/s1. The van der Waals surface area contributed by atoms with Crippen LogP contribution in [0.4, 0.5) is 0 Å². The van der Waals surface area contributed by atoms with E-state index in [0.29, 0.717) is 5.56 Å². The zero-order valence-corrected chi connectivity index (χ0v) is 22.8. The van der Waals surface area contributed by atoms with E-state index in [1.54, 1.807) is 58.0 Å². The van der Waals surface area contributed by atoms with E-state index in [1.807, 2.05) is 0 Å². The van der Waals surface area contributed by atoms with Crippen molar-refractivity contribution in [3.8, 4) is 5.75 Å². The third-order valence-corrected chi connectivity index (χ3v) is 8.31. The van der Waals surface area contributed by atoms with Crippen LogP contribution in [0.5, 0.6) is 5.75 Å². The summed E-state index contributed by atoms with van der Waals surface area (Å²) in [4.78, 5) is 27.3. The van der Waals surface area contributed by atoms with E-state index in [4.69, 9.17) is 42.3 Å². The number of nitrogens with zero attached hydrogens (tertiary/aromatic N) is 1. The molecule has 1 aromatic carbocycles.